The van der Waals surface area contributed by atoms with Gasteiger partial charge in [-0.2, -0.15) is 4.91 Å². The molecule has 0 spiro atoms. The minimum atomic E-state index is -0.929. The van der Waals surface area contributed by atoms with Crippen molar-refractivity contribution in [1.82, 2.24) is 0 Å². The van der Waals surface area contributed by atoms with Crippen LogP contribution < -0.4 is 0 Å². The summed E-state index contributed by atoms with van der Waals surface area (Å²) < 4.78 is 9.41. The van der Waals surface area contributed by atoms with Gasteiger partial charge in [-0.05, 0) is 13.8 Å². The predicted molar refractivity (Wildman–Crippen MR) is 61.1 cm³/mol. The standard InChI is InChI=1S/C11H15NO5/c1-7(2)10(13)16-5-9(12-15)6-17-11(14)8(3)4/h9H,1,3,5-6H2,2,4H3. The van der Waals surface area contributed by atoms with E-state index in [1.807, 2.05) is 0 Å². The molecule has 0 saturated carbocycles. The predicted octanol–water partition coefficient (Wildman–Crippen LogP) is 1.36. The summed E-state index contributed by atoms with van der Waals surface area (Å²) in [6.07, 6.45) is 0. The fourth-order valence-electron chi connectivity index (χ4n) is 0.699. The van der Waals surface area contributed by atoms with Gasteiger partial charge in [-0.3, -0.25) is 0 Å². The number of carbonyl (C=O) groups is 2. The molecule has 0 radical (unpaired) electrons. The molecule has 0 amide bonds. The summed E-state index contributed by atoms with van der Waals surface area (Å²) in [5.74, 6) is -1.24. The zero-order chi connectivity index (χ0) is 13.4. The molecule has 0 atom stereocenters. The Morgan fingerprint density at radius 3 is 1.65 bits per heavy atom. The maximum atomic E-state index is 11.0. The lowest BCUT2D eigenvalue weighted by Gasteiger charge is -2.10. The molecule has 0 fully saturated rings. The molecule has 0 aliphatic rings. The number of ether oxygens (including phenoxy) is 2. The molecule has 0 aromatic rings. The second-order valence-electron chi connectivity index (χ2n) is 3.52. The van der Waals surface area contributed by atoms with Crippen molar-refractivity contribution in [2.45, 2.75) is 19.9 Å². The van der Waals surface area contributed by atoms with Crippen molar-refractivity contribution in [3.63, 3.8) is 0 Å². The smallest absolute Gasteiger partial charge is 0.333 e. The Morgan fingerprint density at radius 1 is 1.06 bits per heavy atom. The van der Waals surface area contributed by atoms with Crippen LogP contribution in [-0.4, -0.2) is 31.2 Å². The number of hydrogen-bond acceptors (Lipinski definition) is 6. The highest BCUT2D eigenvalue weighted by atomic mass is 16.5. The fraction of sp³-hybridized carbons (Fsp3) is 0.455. The molecule has 0 bridgehead atoms. The highest BCUT2D eigenvalue weighted by molar-refractivity contribution is 5.87. The van der Waals surface area contributed by atoms with Gasteiger partial charge in [0.15, 0.2) is 6.04 Å². The first kappa shape index (κ1) is 15.0. The lowest BCUT2D eigenvalue weighted by molar-refractivity contribution is -0.142. The van der Waals surface area contributed by atoms with Crippen LogP contribution >= 0.6 is 0 Å². The third kappa shape index (κ3) is 6.24. The molecular formula is C11H15NO5. The van der Waals surface area contributed by atoms with E-state index < -0.39 is 18.0 Å². The van der Waals surface area contributed by atoms with E-state index in [1.54, 1.807) is 0 Å². The minimum Gasteiger partial charge on any atom is -0.460 e. The van der Waals surface area contributed by atoms with Gasteiger partial charge >= 0.3 is 11.9 Å². The van der Waals surface area contributed by atoms with Crippen LogP contribution in [0.15, 0.2) is 29.5 Å². The number of esters is 2. The molecule has 17 heavy (non-hydrogen) atoms. The van der Waals surface area contributed by atoms with Crippen molar-refractivity contribution < 1.29 is 19.1 Å². The monoisotopic (exact) mass is 241 g/mol. The van der Waals surface area contributed by atoms with Crippen LogP contribution in [0.4, 0.5) is 0 Å². The van der Waals surface area contributed by atoms with E-state index in [4.69, 9.17) is 9.47 Å². The van der Waals surface area contributed by atoms with Crippen LogP contribution in [0.1, 0.15) is 13.8 Å². The van der Waals surface area contributed by atoms with Gasteiger partial charge in [-0.25, -0.2) is 9.59 Å². The summed E-state index contributed by atoms with van der Waals surface area (Å²) >= 11 is 0. The molecule has 0 aromatic carbocycles. The van der Waals surface area contributed by atoms with Gasteiger partial charge in [0.25, 0.3) is 0 Å². The van der Waals surface area contributed by atoms with Crippen LogP contribution in [0.2, 0.25) is 0 Å². The van der Waals surface area contributed by atoms with E-state index in [-0.39, 0.29) is 24.4 Å². The van der Waals surface area contributed by atoms with Crippen LogP contribution in [-0.2, 0) is 19.1 Å². The Kier molecular flexibility index (Phi) is 6.47. The molecule has 0 aromatic heterocycles. The Hall–Kier alpha value is -1.98. The SMILES string of the molecule is C=C(C)C(=O)OCC(COC(=O)C(=C)C)N=O. The number of rotatable bonds is 7. The van der Waals surface area contributed by atoms with Gasteiger partial charge in [0.2, 0.25) is 0 Å². The number of hydrogen-bond donors (Lipinski definition) is 0. The van der Waals surface area contributed by atoms with E-state index in [9.17, 15) is 14.5 Å². The highest BCUT2D eigenvalue weighted by Gasteiger charge is 2.15. The normalized spacial score (nSPS) is 9.59. The average molecular weight is 241 g/mol. The molecule has 0 N–H and O–H groups in total. The first-order chi connectivity index (χ1) is 7.88. The van der Waals surface area contributed by atoms with Crippen molar-refractivity contribution in [3.8, 4) is 0 Å². The summed E-state index contributed by atoms with van der Waals surface area (Å²) in [4.78, 5) is 32.4. The molecule has 0 aliphatic carbocycles. The highest BCUT2D eigenvalue weighted by Crippen LogP contribution is 2.00. The van der Waals surface area contributed by atoms with Crippen LogP contribution in [0.3, 0.4) is 0 Å². The maximum absolute atomic E-state index is 11.0. The van der Waals surface area contributed by atoms with Gasteiger partial charge in [0.05, 0.1) is 0 Å². The fourth-order valence-corrected chi connectivity index (χ4v) is 0.699. The van der Waals surface area contributed by atoms with Crippen LogP contribution in [0.5, 0.6) is 0 Å². The van der Waals surface area contributed by atoms with E-state index in [1.165, 1.54) is 13.8 Å². The summed E-state index contributed by atoms with van der Waals surface area (Å²) in [6, 6.07) is -0.929. The Bertz CT molecular complexity index is 318. The van der Waals surface area contributed by atoms with Gasteiger partial charge in [0, 0.05) is 11.1 Å². The molecule has 0 rings (SSSR count). The summed E-state index contributed by atoms with van der Waals surface area (Å²) in [5.41, 5.74) is 0.433. The van der Waals surface area contributed by atoms with Crippen molar-refractivity contribution in [1.29, 1.82) is 0 Å². The summed E-state index contributed by atoms with van der Waals surface area (Å²) in [5, 5.41) is 2.69. The second-order valence-corrected chi connectivity index (χ2v) is 3.52. The molecule has 0 aliphatic heterocycles. The molecule has 6 heteroatoms. The van der Waals surface area contributed by atoms with Crippen LogP contribution in [0.25, 0.3) is 0 Å². The van der Waals surface area contributed by atoms with E-state index >= 15 is 0 Å². The lowest BCUT2D eigenvalue weighted by atomic mass is 10.3. The van der Waals surface area contributed by atoms with E-state index in [0.29, 0.717) is 0 Å². The average Bonchev–Trinajstić information content (AvgIpc) is 2.28. The first-order valence-corrected chi connectivity index (χ1v) is 4.86. The molecule has 6 nitrogen and oxygen atoms in total. The summed E-state index contributed by atoms with van der Waals surface area (Å²) in [6.45, 7) is 9.21. The summed E-state index contributed by atoms with van der Waals surface area (Å²) in [7, 11) is 0. The quantitative estimate of drug-likeness (QED) is 0.382. The second kappa shape index (κ2) is 7.32. The van der Waals surface area contributed by atoms with Gasteiger partial charge < -0.3 is 9.47 Å². The molecule has 0 heterocycles. The molecule has 0 unspecified atom stereocenters. The third-order valence-electron chi connectivity index (χ3n) is 1.66. The zero-order valence-corrected chi connectivity index (χ0v) is 9.89. The number of carbonyl (C=O) groups excluding carboxylic acids is 2. The van der Waals surface area contributed by atoms with Crippen molar-refractivity contribution in [2.75, 3.05) is 13.2 Å². The van der Waals surface area contributed by atoms with Crippen LogP contribution in [0, 0.1) is 4.91 Å². The largest absolute Gasteiger partial charge is 0.460 e. The van der Waals surface area contributed by atoms with E-state index in [0.717, 1.165) is 0 Å². The zero-order valence-electron chi connectivity index (χ0n) is 9.89. The molecular weight excluding hydrogens is 226 g/mol. The molecule has 0 saturated heterocycles. The van der Waals surface area contributed by atoms with Gasteiger partial charge in [-0.1, -0.05) is 18.3 Å². The molecule has 94 valence electrons. The minimum absolute atomic E-state index is 0.216. The third-order valence-corrected chi connectivity index (χ3v) is 1.66. The topological polar surface area (TPSA) is 82.0 Å². The number of nitroso groups, excluding NO2 is 1. The first-order valence-electron chi connectivity index (χ1n) is 4.86. The van der Waals surface area contributed by atoms with Crippen molar-refractivity contribution in [3.05, 3.63) is 29.2 Å². The Balaban J connectivity index is 4.05. The van der Waals surface area contributed by atoms with Crippen molar-refractivity contribution in [2.24, 2.45) is 5.18 Å². The van der Waals surface area contributed by atoms with Gasteiger partial charge in [0.1, 0.15) is 13.2 Å². The van der Waals surface area contributed by atoms with E-state index in [2.05, 4.69) is 18.3 Å². The maximum Gasteiger partial charge on any atom is 0.333 e. The Labute approximate surface area is 99.3 Å². The van der Waals surface area contributed by atoms with Gasteiger partial charge in [-0.15, -0.1) is 0 Å². The Morgan fingerprint density at radius 2 is 1.41 bits per heavy atom. The lowest BCUT2D eigenvalue weighted by Crippen LogP contribution is -2.24. The number of nitrogens with zero attached hydrogens (tertiary/aromatic N) is 1. The van der Waals surface area contributed by atoms with Crippen molar-refractivity contribution >= 4 is 11.9 Å².